The Morgan fingerprint density at radius 1 is 1.07 bits per heavy atom. The minimum absolute atomic E-state index is 0.437. The van der Waals surface area contributed by atoms with Gasteiger partial charge in [-0.2, -0.15) is 0 Å². The molecule has 0 aromatic heterocycles. The normalized spacial score (nSPS) is 45.0. The number of nitrogens with two attached hydrogens (primary N) is 1. The van der Waals surface area contributed by atoms with Crippen molar-refractivity contribution in [2.75, 3.05) is 13.1 Å². The Hall–Kier alpha value is -0.120. The minimum atomic E-state index is 0.437. The molecule has 0 amide bonds. The van der Waals surface area contributed by atoms with Gasteiger partial charge in [0.1, 0.15) is 0 Å². The van der Waals surface area contributed by atoms with E-state index in [9.17, 15) is 0 Å². The zero-order valence-electron chi connectivity index (χ0n) is 9.13. The Morgan fingerprint density at radius 3 is 2.57 bits per heavy atom. The van der Waals surface area contributed by atoms with Crippen LogP contribution in [0.15, 0.2) is 0 Å². The largest absolute Gasteiger partial charge is 0.328 e. The molecule has 2 rings (SSSR count). The molecule has 2 fully saturated rings. The van der Waals surface area contributed by atoms with E-state index in [0.717, 1.165) is 18.9 Å². The lowest BCUT2D eigenvalue weighted by molar-refractivity contribution is 0.207. The van der Waals surface area contributed by atoms with E-state index in [2.05, 4.69) is 17.6 Å². The first-order valence-electron chi connectivity index (χ1n) is 5.98. The van der Waals surface area contributed by atoms with Crippen molar-refractivity contribution < 1.29 is 0 Å². The predicted molar refractivity (Wildman–Crippen MR) is 59.2 cm³/mol. The van der Waals surface area contributed by atoms with Crippen LogP contribution in [0.4, 0.5) is 0 Å². The first-order valence-corrected chi connectivity index (χ1v) is 5.98. The monoisotopic (exact) mass is 197 g/mol. The summed E-state index contributed by atoms with van der Waals surface area (Å²) in [6.45, 7) is 4.58. The molecule has 0 aromatic rings. The number of rotatable bonds is 1. The van der Waals surface area contributed by atoms with E-state index in [-0.39, 0.29) is 0 Å². The van der Waals surface area contributed by atoms with Gasteiger partial charge in [-0.15, -0.1) is 0 Å². The molecule has 0 aliphatic carbocycles. The average molecular weight is 197 g/mol. The van der Waals surface area contributed by atoms with Crippen molar-refractivity contribution >= 4 is 0 Å². The summed E-state index contributed by atoms with van der Waals surface area (Å²) in [4.78, 5) is 0. The molecule has 0 aromatic carbocycles. The van der Waals surface area contributed by atoms with Gasteiger partial charge in [0.25, 0.3) is 0 Å². The Labute approximate surface area is 86.8 Å². The van der Waals surface area contributed by atoms with Crippen LogP contribution < -0.4 is 16.4 Å². The van der Waals surface area contributed by atoms with Crippen LogP contribution in [-0.4, -0.2) is 31.2 Å². The van der Waals surface area contributed by atoms with Gasteiger partial charge in [-0.25, -0.2) is 0 Å². The highest BCUT2D eigenvalue weighted by molar-refractivity contribution is 4.89. The second-order valence-electron chi connectivity index (χ2n) is 4.98. The quantitative estimate of drug-likeness (QED) is 0.572. The standard InChI is InChI=1S/C11H23N3/c1-8-6-9(2-4-13-8)11-7-10(12)3-5-14-11/h8-11,13-14H,2-7,12H2,1H3. The van der Waals surface area contributed by atoms with Gasteiger partial charge in [0, 0.05) is 18.1 Å². The molecule has 2 saturated heterocycles. The zero-order chi connectivity index (χ0) is 9.97. The van der Waals surface area contributed by atoms with Crippen molar-refractivity contribution in [3.05, 3.63) is 0 Å². The minimum Gasteiger partial charge on any atom is -0.328 e. The van der Waals surface area contributed by atoms with E-state index >= 15 is 0 Å². The van der Waals surface area contributed by atoms with Crippen molar-refractivity contribution in [3.8, 4) is 0 Å². The SMILES string of the molecule is CC1CC(C2CC(N)CCN2)CCN1. The number of piperidine rings is 2. The van der Waals surface area contributed by atoms with Gasteiger partial charge < -0.3 is 16.4 Å². The number of nitrogens with one attached hydrogen (secondary N) is 2. The molecule has 4 atom stereocenters. The van der Waals surface area contributed by atoms with Crippen molar-refractivity contribution in [1.29, 1.82) is 0 Å². The summed E-state index contributed by atoms with van der Waals surface area (Å²) in [6.07, 6.45) is 4.95. The maximum absolute atomic E-state index is 6.01. The van der Waals surface area contributed by atoms with Gasteiger partial charge in [-0.1, -0.05) is 0 Å². The molecule has 4 unspecified atom stereocenters. The first kappa shape index (κ1) is 10.4. The van der Waals surface area contributed by atoms with E-state index < -0.39 is 0 Å². The second-order valence-corrected chi connectivity index (χ2v) is 4.98. The van der Waals surface area contributed by atoms with Crippen LogP contribution in [0, 0.1) is 5.92 Å². The molecule has 2 aliphatic heterocycles. The molecular formula is C11H23N3. The van der Waals surface area contributed by atoms with E-state index in [4.69, 9.17) is 5.73 Å². The van der Waals surface area contributed by atoms with E-state index in [1.807, 2.05) is 0 Å². The van der Waals surface area contributed by atoms with Crippen LogP contribution in [0.25, 0.3) is 0 Å². The highest BCUT2D eigenvalue weighted by Crippen LogP contribution is 2.24. The Morgan fingerprint density at radius 2 is 1.86 bits per heavy atom. The summed E-state index contributed by atoms with van der Waals surface area (Å²) in [5.41, 5.74) is 6.01. The van der Waals surface area contributed by atoms with Crippen LogP contribution >= 0.6 is 0 Å². The summed E-state index contributed by atoms with van der Waals surface area (Å²) in [5.74, 6) is 0.845. The maximum Gasteiger partial charge on any atom is 0.0111 e. The highest BCUT2D eigenvalue weighted by atomic mass is 15.0. The van der Waals surface area contributed by atoms with E-state index in [1.54, 1.807) is 0 Å². The second kappa shape index (κ2) is 4.60. The summed E-state index contributed by atoms with van der Waals surface area (Å²) in [5, 5.41) is 7.14. The fraction of sp³-hybridized carbons (Fsp3) is 1.00. The van der Waals surface area contributed by atoms with Gasteiger partial charge in [-0.05, 0) is 51.6 Å². The molecular weight excluding hydrogens is 174 g/mol. The summed E-state index contributed by atoms with van der Waals surface area (Å²) < 4.78 is 0. The van der Waals surface area contributed by atoms with Gasteiger partial charge in [-0.3, -0.25) is 0 Å². The van der Waals surface area contributed by atoms with Crippen LogP contribution in [0.5, 0.6) is 0 Å². The highest BCUT2D eigenvalue weighted by Gasteiger charge is 2.29. The van der Waals surface area contributed by atoms with E-state index in [1.165, 1.54) is 25.8 Å². The molecule has 0 bridgehead atoms. The summed E-state index contributed by atoms with van der Waals surface area (Å²) >= 11 is 0. The van der Waals surface area contributed by atoms with Gasteiger partial charge >= 0.3 is 0 Å². The van der Waals surface area contributed by atoms with Crippen molar-refractivity contribution in [2.45, 2.75) is 50.7 Å². The predicted octanol–water partition coefficient (Wildman–Crippen LogP) is 0.454. The van der Waals surface area contributed by atoms with Crippen molar-refractivity contribution in [1.82, 2.24) is 10.6 Å². The lowest BCUT2D eigenvalue weighted by Crippen LogP contribution is -2.51. The molecule has 2 aliphatic rings. The molecule has 3 nitrogen and oxygen atoms in total. The Bertz CT molecular complexity index is 163. The van der Waals surface area contributed by atoms with Crippen molar-refractivity contribution in [2.24, 2.45) is 11.7 Å². The van der Waals surface area contributed by atoms with E-state index in [0.29, 0.717) is 18.1 Å². The van der Waals surface area contributed by atoms with Crippen LogP contribution in [0.3, 0.4) is 0 Å². The fourth-order valence-corrected chi connectivity index (χ4v) is 2.88. The third kappa shape index (κ3) is 2.47. The maximum atomic E-state index is 6.01. The van der Waals surface area contributed by atoms with Gasteiger partial charge in [0.15, 0.2) is 0 Å². The number of hydrogen-bond acceptors (Lipinski definition) is 3. The molecule has 0 saturated carbocycles. The molecule has 82 valence electrons. The lowest BCUT2D eigenvalue weighted by Gasteiger charge is -2.38. The smallest absolute Gasteiger partial charge is 0.0111 e. The van der Waals surface area contributed by atoms with Crippen molar-refractivity contribution in [3.63, 3.8) is 0 Å². The zero-order valence-corrected chi connectivity index (χ0v) is 9.13. The third-order valence-corrected chi connectivity index (χ3v) is 3.71. The van der Waals surface area contributed by atoms with Gasteiger partial charge in [0.2, 0.25) is 0 Å². The van der Waals surface area contributed by atoms with Crippen LogP contribution in [0.1, 0.15) is 32.6 Å². The van der Waals surface area contributed by atoms with Crippen LogP contribution in [-0.2, 0) is 0 Å². The van der Waals surface area contributed by atoms with Crippen LogP contribution in [0.2, 0.25) is 0 Å². The Balaban J connectivity index is 1.86. The molecule has 3 heteroatoms. The summed E-state index contributed by atoms with van der Waals surface area (Å²) in [7, 11) is 0. The topological polar surface area (TPSA) is 50.1 Å². The molecule has 0 spiro atoms. The molecule has 4 N–H and O–H groups in total. The Kier molecular flexibility index (Phi) is 3.42. The summed E-state index contributed by atoms with van der Waals surface area (Å²) in [6, 6.07) is 1.81. The molecule has 2 heterocycles. The molecule has 0 radical (unpaired) electrons. The lowest BCUT2D eigenvalue weighted by atomic mass is 9.82. The molecule has 14 heavy (non-hydrogen) atoms. The first-order chi connectivity index (χ1) is 6.75. The van der Waals surface area contributed by atoms with Gasteiger partial charge in [0.05, 0.1) is 0 Å². The fourth-order valence-electron chi connectivity index (χ4n) is 2.88. The third-order valence-electron chi connectivity index (χ3n) is 3.71. The number of hydrogen-bond donors (Lipinski definition) is 3. The average Bonchev–Trinajstić information content (AvgIpc) is 2.18.